The first-order valence-electron chi connectivity index (χ1n) is 10.9. The van der Waals surface area contributed by atoms with Crippen LogP contribution >= 0.6 is 0 Å². The number of carbonyl (C=O) groups is 2. The van der Waals surface area contributed by atoms with Gasteiger partial charge in [-0.15, -0.1) is 0 Å². The van der Waals surface area contributed by atoms with Gasteiger partial charge in [-0.05, 0) is 50.6 Å². The number of fused-ring (bicyclic) bond motifs is 1. The third-order valence-corrected chi connectivity index (χ3v) is 5.74. The van der Waals surface area contributed by atoms with E-state index >= 15 is 0 Å². The molecule has 2 aliphatic rings. The van der Waals surface area contributed by atoms with Gasteiger partial charge in [0, 0.05) is 25.2 Å². The Hall–Kier alpha value is -3.09. The van der Waals surface area contributed by atoms with E-state index in [1.54, 1.807) is 4.90 Å². The highest BCUT2D eigenvalue weighted by Gasteiger charge is 2.38. The van der Waals surface area contributed by atoms with Crippen molar-refractivity contribution in [2.75, 3.05) is 19.6 Å². The SMILES string of the molecule is O=C(O)C(F)(F)F.O=C(c1cccc(C(F)(F)F)c1)N1CCCn2cnc(CN3CCCC3)c2C1. The number of carbonyl (C=O) groups excluding carboxylic acids is 1. The maximum atomic E-state index is 13.0. The Kier molecular flexibility index (Phi) is 8.08. The minimum atomic E-state index is -5.08. The molecule has 2 aliphatic heterocycles. The van der Waals surface area contributed by atoms with Gasteiger partial charge >= 0.3 is 18.3 Å². The van der Waals surface area contributed by atoms with E-state index in [0.29, 0.717) is 13.1 Å². The Balaban J connectivity index is 0.000000429. The minimum absolute atomic E-state index is 0.0730. The number of aryl methyl sites for hydroxylation is 1. The van der Waals surface area contributed by atoms with Gasteiger partial charge in [0.1, 0.15) is 0 Å². The third kappa shape index (κ3) is 6.96. The average molecular weight is 506 g/mol. The van der Waals surface area contributed by atoms with E-state index in [9.17, 15) is 31.1 Å². The summed E-state index contributed by atoms with van der Waals surface area (Å²) in [5.74, 6) is -3.12. The molecule has 0 unspecified atom stereocenters. The molecular weight excluding hydrogens is 482 g/mol. The minimum Gasteiger partial charge on any atom is -0.475 e. The number of halogens is 6. The van der Waals surface area contributed by atoms with Gasteiger partial charge < -0.3 is 14.6 Å². The van der Waals surface area contributed by atoms with Crippen LogP contribution in [0.25, 0.3) is 0 Å². The second-order valence-corrected chi connectivity index (χ2v) is 8.28. The summed E-state index contributed by atoms with van der Waals surface area (Å²) in [6.45, 7) is 4.51. The van der Waals surface area contributed by atoms with Crippen LogP contribution in [0.4, 0.5) is 26.3 Å². The van der Waals surface area contributed by atoms with E-state index in [1.807, 2.05) is 6.33 Å². The van der Waals surface area contributed by atoms with Crippen molar-refractivity contribution in [3.05, 3.63) is 53.1 Å². The van der Waals surface area contributed by atoms with Gasteiger partial charge in [-0.3, -0.25) is 9.69 Å². The number of alkyl halides is 6. The van der Waals surface area contributed by atoms with Crippen LogP contribution in [-0.4, -0.2) is 62.1 Å². The first-order valence-corrected chi connectivity index (χ1v) is 10.9. The summed E-state index contributed by atoms with van der Waals surface area (Å²) in [6, 6.07) is 4.67. The Labute approximate surface area is 196 Å². The Morgan fingerprint density at radius 3 is 2.23 bits per heavy atom. The first kappa shape index (κ1) is 26.5. The summed E-state index contributed by atoms with van der Waals surface area (Å²) in [5.41, 5.74) is 1.23. The fourth-order valence-electron chi connectivity index (χ4n) is 3.98. The van der Waals surface area contributed by atoms with Crippen molar-refractivity contribution in [3.63, 3.8) is 0 Å². The Bertz CT molecular complexity index is 1040. The molecule has 1 amide bonds. The molecule has 0 bridgehead atoms. The number of hydrogen-bond donors (Lipinski definition) is 1. The number of nitrogens with zero attached hydrogens (tertiary/aromatic N) is 4. The van der Waals surface area contributed by atoms with E-state index in [4.69, 9.17) is 9.90 Å². The fraction of sp³-hybridized carbons (Fsp3) is 0.500. The molecule has 1 N–H and O–H groups in total. The molecule has 0 saturated carbocycles. The highest BCUT2D eigenvalue weighted by atomic mass is 19.4. The number of imidazole rings is 1. The van der Waals surface area contributed by atoms with Crippen LogP contribution in [0.1, 0.15) is 46.6 Å². The van der Waals surface area contributed by atoms with Gasteiger partial charge in [-0.1, -0.05) is 6.07 Å². The second-order valence-electron chi connectivity index (χ2n) is 8.28. The zero-order valence-electron chi connectivity index (χ0n) is 18.6. The summed E-state index contributed by atoms with van der Waals surface area (Å²) in [4.78, 5) is 30.4. The van der Waals surface area contributed by atoms with Gasteiger partial charge in [0.05, 0.1) is 29.8 Å². The molecule has 1 saturated heterocycles. The summed E-state index contributed by atoms with van der Waals surface area (Å²) in [5, 5.41) is 7.12. The molecular formula is C22H24F6N4O3. The lowest BCUT2D eigenvalue weighted by atomic mass is 10.1. The Morgan fingerprint density at radius 2 is 1.63 bits per heavy atom. The summed E-state index contributed by atoms with van der Waals surface area (Å²) < 4.78 is 72.8. The third-order valence-electron chi connectivity index (χ3n) is 5.74. The van der Waals surface area contributed by atoms with Crippen LogP contribution in [0.5, 0.6) is 0 Å². The van der Waals surface area contributed by atoms with E-state index < -0.39 is 23.9 Å². The summed E-state index contributed by atoms with van der Waals surface area (Å²) in [6.07, 6.45) is -4.60. The van der Waals surface area contributed by atoms with E-state index in [1.165, 1.54) is 25.0 Å². The number of rotatable bonds is 3. The standard InChI is InChI=1S/C20H23F3N4O.C2HF3O2/c21-20(22,23)16-6-3-5-15(11-16)19(28)26-9-4-10-27-14-24-17(18(27)13-26)12-25-7-1-2-8-25;3-2(4,5)1(6)7/h3,5-6,11,14H,1-2,4,7-10,12-13H2;(H,6,7). The maximum Gasteiger partial charge on any atom is 0.490 e. The molecule has 7 nitrogen and oxygen atoms in total. The number of aromatic nitrogens is 2. The first-order chi connectivity index (χ1) is 16.4. The highest BCUT2D eigenvalue weighted by Crippen LogP contribution is 2.30. The zero-order valence-corrected chi connectivity index (χ0v) is 18.6. The van der Waals surface area contributed by atoms with E-state index in [0.717, 1.165) is 56.1 Å². The maximum absolute atomic E-state index is 13.0. The highest BCUT2D eigenvalue weighted by molar-refractivity contribution is 5.94. The molecule has 4 rings (SSSR count). The van der Waals surface area contributed by atoms with Gasteiger partial charge in [-0.2, -0.15) is 26.3 Å². The van der Waals surface area contributed by atoms with Gasteiger partial charge in [0.25, 0.3) is 5.91 Å². The lowest BCUT2D eigenvalue weighted by molar-refractivity contribution is -0.192. The molecule has 1 aromatic carbocycles. The molecule has 1 fully saturated rings. The van der Waals surface area contributed by atoms with Crippen LogP contribution in [0, 0.1) is 0 Å². The van der Waals surface area contributed by atoms with Crippen molar-refractivity contribution in [3.8, 4) is 0 Å². The molecule has 13 heteroatoms. The normalized spacial score (nSPS) is 16.8. The monoisotopic (exact) mass is 506 g/mol. The van der Waals surface area contributed by atoms with Crippen molar-refractivity contribution in [1.82, 2.24) is 19.4 Å². The lowest BCUT2D eigenvalue weighted by Gasteiger charge is -2.22. The molecule has 2 aromatic rings. The fourth-order valence-corrected chi connectivity index (χ4v) is 3.98. The number of amides is 1. The predicted molar refractivity (Wildman–Crippen MR) is 111 cm³/mol. The van der Waals surface area contributed by atoms with E-state index in [-0.39, 0.29) is 11.5 Å². The smallest absolute Gasteiger partial charge is 0.475 e. The van der Waals surface area contributed by atoms with Crippen molar-refractivity contribution >= 4 is 11.9 Å². The van der Waals surface area contributed by atoms with Crippen LogP contribution in [0.3, 0.4) is 0 Å². The molecule has 0 radical (unpaired) electrons. The topological polar surface area (TPSA) is 78.7 Å². The van der Waals surface area contributed by atoms with Gasteiger partial charge in [0.15, 0.2) is 0 Å². The molecule has 0 aliphatic carbocycles. The largest absolute Gasteiger partial charge is 0.490 e. The predicted octanol–water partition coefficient (Wildman–Crippen LogP) is 4.18. The zero-order chi connectivity index (χ0) is 25.8. The van der Waals surface area contributed by atoms with Crippen LogP contribution in [-0.2, 0) is 30.6 Å². The van der Waals surface area contributed by atoms with Crippen LogP contribution < -0.4 is 0 Å². The number of benzene rings is 1. The number of hydrogen-bond acceptors (Lipinski definition) is 4. The summed E-state index contributed by atoms with van der Waals surface area (Å²) in [7, 11) is 0. The number of aliphatic carboxylic acids is 1. The van der Waals surface area contributed by atoms with E-state index in [2.05, 4.69) is 14.5 Å². The molecule has 0 spiro atoms. The number of carboxylic acid groups (broad SMARTS) is 1. The Morgan fingerprint density at radius 1 is 0.971 bits per heavy atom. The molecule has 3 heterocycles. The summed E-state index contributed by atoms with van der Waals surface area (Å²) >= 11 is 0. The number of likely N-dealkylation sites (tertiary alicyclic amines) is 1. The van der Waals surface area contributed by atoms with Crippen molar-refractivity contribution in [2.45, 2.75) is 51.2 Å². The van der Waals surface area contributed by atoms with Crippen LogP contribution in [0.2, 0.25) is 0 Å². The molecule has 1 aromatic heterocycles. The lowest BCUT2D eigenvalue weighted by Crippen LogP contribution is -2.31. The second kappa shape index (κ2) is 10.7. The molecule has 192 valence electrons. The number of carboxylic acids is 1. The van der Waals surface area contributed by atoms with Gasteiger partial charge in [-0.25, -0.2) is 9.78 Å². The van der Waals surface area contributed by atoms with Gasteiger partial charge in [0.2, 0.25) is 0 Å². The van der Waals surface area contributed by atoms with Crippen LogP contribution in [0.15, 0.2) is 30.6 Å². The molecule has 35 heavy (non-hydrogen) atoms. The van der Waals surface area contributed by atoms with Crippen molar-refractivity contribution in [1.29, 1.82) is 0 Å². The molecule has 0 atom stereocenters. The van der Waals surface area contributed by atoms with Crippen molar-refractivity contribution < 1.29 is 41.0 Å². The van der Waals surface area contributed by atoms with Crippen molar-refractivity contribution in [2.24, 2.45) is 0 Å². The quantitative estimate of drug-likeness (QED) is 0.633. The average Bonchev–Trinajstić information content (AvgIpc) is 3.37.